The van der Waals surface area contributed by atoms with E-state index in [0.717, 1.165) is 17.7 Å². The number of aromatic nitrogens is 2. The van der Waals surface area contributed by atoms with Crippen molar-refractivity contribution in [3.8, 4) is 0 Å². The predicted octanol–water partition coefficient (Wildman–Crippen LogP) is 1.44. The number of aromatic amines is 1. The van der Waals surface area contributed by atoms with Crippen molar-refractivity contribution >= 4 is 27.7 Å². The summed E-state index contributed by atoms with van der Waals surface area (Å²) in [5.41, 5.74) is 6.53. The van der Waals surface area contributed by atoms with E-state index >= 15 is 0 Å². The summed E-state index contributed by atoms with van der Waals surface area (Å²) in [7, 11) is 0. The molecule has 0 aliphatic heterocycles. The Bertz CT molecular complexity index is 878. The minimum absolute atomic E-state index is 0.0981. The van der Waals surface area contributed by atoms with Crippen LogP contribution in [0.4, 0.5) is 0 Å². The Morgan fingerprint density at radius 1 is 1.33 bits per heavy atom. The van der Waals surface area contributed by atoms with Gasteiger partial charge in [-0.05, 0) is 52.9 Å². The normalized spacial score (nSPS) is 16.3. The van der Waals surface area contributed by atoms with E-state index in [1.807, 2.05) is 0 Å². The summed E-state index contributed by atoms with van der Waals surface area (Å²) in [4.78, 5) is 42.4. The molecule has 2 heterocycles. The van der Waals surface area contributed by atoms with Crippen LogP contribution in [-0.4, -0.2) is 21.8 Å². The minimum Gasteiger partial charge on any atom is -0.365 e. The summed E-state index contributed by atoms with van der Waals surface area (Å²) in [6.07, 6.45) is 5.29. The molecule has 4 N–H and O–H groups in total. The van der Waals surface area contributed by atoms with Gasteiger partial charge in [0.05, 0.1) is 11.6 Å². The summed E-state index contributed by atoms with van der Waals surface area (Å²) < 4.78 is 0.708. The third-order valence-corrected chi connectivity index (χ3v) is 4.42. The first-order valence-electron chi connectivity index (χ1n) is 7.43. The van der Waals surface area contributed by atoms with Crippen LogP contribution in [0.2, 0.25) is 0 Å². The highest BCUT2D eigenvalue weighted by atomic mass is 79.9. The monoisotopic (exact) mass is 390 g/mol. The number of nitrogens with two attached hydrogens (primary N) is 1. The van der Waals surface area contributed by atoms with Gasteiger partial charge in [0.1, 0.15) is 5.56 Å². The standard InChI is InChI=1S/C16H15BrN4O3/c17-9-4-8(6-19-7-9)15(23)20-12-2-1-3-13-10(12)5-11(14(18)22)16(24)21-13/h4-7,12H,1-3H2,(H2,18,22)(H,20,23)(H,21,24). The van der Waals surface area contributed by atoms with Crippen LogP contribution < -0.4 is 16.6 Å². The smallest absolute Gasteiger partial charge is 0.261 e. The summed E-state index contributed by atoms with van der Waals surface area (Å²) in [5.74, 6) is -1.06. The number of nitrogens with zero attached hydrogens (tertiary/aromatic N) is 1. The Labute approximate surface area is 145 Å². The number of primary amides is 1. The van der Waals surface area contributed by atoms with Crippen LogP contribution in [0.1, 0.15) is 50.9 Å². The predicted molar refractivity (Wildman–Crippen MR) is 90.7 cm³/mol. The van der Waals surface area contributed by atoms with Crippen LogP contribution in [0, 0.1) is 0 Å². The highest BCUT2D eigenvalue weighted by Crippen LogP contribution is 2.28. The van der Waals surface area contributed by atoms with Crippen LogP contribution >= 0.6 is 15.9 Å². The zero-order valence-corrected chi connectivity index (χ0v) is 14.2. The second kappa shape index (κ2) is 6.56. The molecule has 2 amide bonds. The molecule has 1 unspecified atom stereocenters. The number of aryl methyl sites for hydroxylation is 1. The molecule has 0 spiro atoms. The molecule has 0 radical (unpaired) electrons. The minimum atomic E-state index is -0.786. The summed E-state index contributed by atoms with van der Waals surface area (Å²) in [6, 6.07) is 2.86. The number of nitrogens with one attached hydrogen (secondary N) is 2. The Kier molecular flexibility index (Phi) is 4.48. The van der Waals surface area contributed by atoms with E-state index < -0.39 is 11.5 Å². The van der Waals surface area contributed by atoms with Gasteiger partial charge < -0.3 is 16.0 Å². The number of carbonyl (C=O) groups excluding carboxylic acids is 2. The van der Waals surface area contributed by atoms with Crippen molar-refractivity contribution in [2.75, 3.05) is 0 Å². The van der Waals surface area contributed by atoms with Crippen molar-refractivity contribution in [3.05, 3.63) is 61.7 Å². The Balaban J connectivity index is 1.92. The second-order valence-corrected chi connectivity index (χ2v) is 6.54. The quantitative estimate of drug-likeness (QED) is 0.734. The molecule has 0 fully saturated rings. The molecule has 1 atom stereocenters. The number of amides is 2. The molecule has 1 aliphatic carbocycles. The number of carbonyl (C=O) groups is 2. The summed E-state index contributed by atoms with van der Waals surface area (Å²) in [6.45, 7) is 0. The number of pyridine rings is 2. The molecular formula is C16H15BrN4O3. The SMILES string of the molecule is NC(=O)c1cc2c([nH]c1=O)CCCC2NC(=O)c1cncc(Br)c1. The molecule has 2 aromatic rings. The number of hydrogen-bond acceptors (Lipinski definition) is 4. The van der Waals surface area contributed by atoms with Gasteiger partial charge in [-0.1, -0.05) is 0 Å². The van der Waals surface area contributed by atoms with Gasteiger partial charge in [-0.2, -0.15) is 0 Å². The molecule has 24 heavy (non-hydrogen) atoms. The van der Waals surface area contributed by atoms with Gasteiger partial charge in [0.15, 0.2) is 0 Å². The Morgan fingerprint density at radius 3 is 2.83 bits per heavy atom. The number of halogens is 1. The average Bonchev–Trinajstić information content (AvgIpc) is 2.54. The van der Waals surface area contributed by atoms with Gasteiger partial charge in [0.25, 0.3) is 17.4 Å². The van der Waals surface area contributed by atoms with Gasteiger partial charge in [-0.3, -0.25) is 19.4 Å². The molecule has 0 saturated carbocycles. The lowest BCUT2D eigenvalue weighted by atomic mass is 9.90. The molecule has 2 aromatic heterocycles. The molecule has 124 valence electrons. The van der Waals surface area contributed by atoms with Crippen LogP contribution in [0.15, 0.2) is 33.8 Å². The zero-order chi connectivity index (χ0) is 17.3. The third-order valence-electron chi connectivity index (χ3n) is 3.99. The molecule has 3 rings (SSSR count). The van der Waals surface area contributed by atoms with E-state index in [1.165, 1.54) is 12.3 Å². The summed E-state index contributed by atoms with van der Waals surface area (Å²) >= 11 is 3.28. The lowest BCUT2D eigenvalue weighted by Crippen LogP contribution is -2.34. The fourth-order valence-corrected chi connectivity index (χ4v) is 3.22. The molecule has 0 saturated heterocycles. The Morgan fingerprint density at radius 2 is 2.12 bits per heavy atom. The first-order chi connectivity index (χ1) is 11.5. The maximum absolute atomic E-state index is 12.4. The van der Waals surface area contributed by atoms with Crippen molar-refractivity contribution < 1.29 is 9.59 Å². The van der Waals surface area contributed by atoms with E-state index in [1.54, 1.807) is 12.3 Å². The molecular weight excluding hydrogens is 376 g/mol. The third kappa shape index (κ3) is 3.23. The number of H-pyrrole nitrogens is 1. The molecule has 0 aromatic carbocycles. The van der Waals surface area contributed by atoms with Crippen LogP contribution in [0.3, 0.4) is 0 Å². The first-order valence-corrected chi connectivity index (χ1v) is 8.22. The topological polar surface area (TPSA) is 118 Å². The largest absolute Gasteiger partial charge is 0.365 e. The molecule has 7 nitrogen and oxygen atoms in total. The van der Waals surface area contributed by atoms with Gasteiger partial charge in [0.2, 0.25) is 0 Å². The van der Waals surface area contributed by atoms with Gasteiger partial charge in [0, 0.05) is 22.6 Å². The maximum Gasteiger partial charge on any atom is 0.261 e. The molecule has 1 aliphatic rings. The highest BCUT2D eigenvalue weighted by Gasteiger charge is 2.25. The lowest BCUT2D eigenvalue weighted by Gasteiger charge is -2.26. The van der Waals surface area contributed by atoms with Crippen molar-refractivity contribution in [2.24, 2.45) is 5.73 Å². The van der Waals surface area contributed by atoms with E-state index in [-0.39, 0.29) is 17.5 Å². The van der Waals surface area contributed by atoms with Crippen molar-refractivity contribution in [1.29, 1.82) is 0 Å². The first kappa shape index (κ1) is 16.4. The van der Waals surface area contributed by atoms with Crippen molar-refractivity contribution in [3.63, 3.8) is 0 Å². The van der Waals surface area contributed by atoms with Crippen LogP contribution in [0.25, 0.3) is 0 Å². The van der Waals surface area contributed by atoms with Crippen LogP contribution in [-0.2, 0) is 6.42 Å². The van der Waals surface area contributed by atoms with Crippen molar-refractivity contribution in [1.82, 2.24) is 15.3 Å². The fourth-order valence-electron chi connectivity index (χ4n) is 2.85. The number of rotatable bonds is 3. The molecule has 0 bridgehead atoms. The highest BCUT2D eigenvalue weighted by molar-refractivity contribution is 9.10. The summed E-state index contributed by atoms with van der Waals surface area (Å²) in [5, 5.41) is 2.93. The van der Waals surface area contributed by atoms with E-state index in [2.05, 4.69) is 31.2 Å². The van der Waals surface area contributed by atoms with Gasteiger partial charge in [-0.25, -0.2) is 0 Å². The lowest BCUT2D eigenvalue weighted by molar-refractivity contribution is 0.0932. The number of hydrogen-bond donors (Lipinski definition) is 3. The van der Waals surface area contributed by atoms with Crippen LogP contribution in [0.5, 0.6) is 0 Å². The van der Waals surface area contributed by atoms with Gasteiger partial charge in [-0.15, -0.1) is 0 Å². The fraction of sp³-hybridized carbons (Fsp3) is 0.250. The van der Waals surface area contributed by atoms with E-state index in [0.29, 0.717) is 22.9 Å². The average molecular weight is 391 g/mol. The maximum atomic E-state index is 12.4. The Hall–Kier alpha value is -2.48. The van der Waals surface area contributed by atoms with Gasteiger partial charge >= 0.3 is 0 Å². The van der Waals surface area contributed by atoms with E-state index in [4.69, 9.17) is 5.73 Å². The van der Waals surface area contributed by atoms with E-state index in [9.17, 15) is 14.4 Å². The second-order valence-electron chi connectivity index (χ2n) is 5.62. The molecule has 8 heteroatoms. The van der Waals surface area contributed by atoms with Crippen molar-refractivity contribution in [2.45, 2.75) is 25.3 Å². The number of fused-ring (bicyclic) bond motifs is 1. The zero-order valence-electron chi connectivity index (χ0n) is 12.6.